The molecule has 1 amide bonds. The van der Waals surface area contributed by atoms with Crippen LogP contribution in [0.2, 0.25) is 0 Å². The van der Waals surface area contributed by atoms with Crippen molar-refractivity contribution in [2.24, 2.45) is 0 Å². The standard InChI is InChI=1S/C19H14N2O2/c22-18-16-8-4-5-9-17(16)19(23,14-6-2-1-3-7-14)21(18)15-10-12-20-13-11-15/h1-13,23H/t19-/m1/s1. The lowest BCUT2D eigenvalue weighted by Gasteiger charge is -2.34. The SMILES string of the molecule is O=C1c2ccccc2[C@](O)(c2ccccc2)N1c1ccncc1. The first-order valence-electron chi connectivity index (χ1n) is 7.35. The van der Waals surface area contributed by atoms with Crippen LogP contribution in [0, 0.1) is 0 Å². The van der Waals surface area contributed by atoms with Crippen molar-refractivity contribution in [1.82, 2.24) is 4.98 Å². The zero-order valence-corrected chi connectivity index (χ0v) is 12.3. The fourth-order valence-corrected chi connectivity index (χ4v) is 3.11. The lowest BCUT2D eigenvalue weighted by atomic mass is 9.93. The fraction of sp³-hybridized carbons (Fsp3) is 0.0526. The van der Waals surface area contributed by atoms with E-state index >= 15 is 0 Å². The van der Waals surface area contributed by atoms with Crippen molar-refractivity contribution >= 4 is 11.6 Å². The van der Waals surface area contributed by atoms with Crippen LogP contribution in [0.25, 0.3) is 0 Å². The van der Waals surface area contributed by atoms with Crippen LogP contribution < -0.4 is 4.90 Å². The highest BCUT2D eigenvalue weighted by atomic mass is 16.3. The number of carbonyl (C=O) groups excluding carboxylic acids is 1. The van der Waals surface area contributed by atoms with E-state index in [4.69, 9.17) is 0 Å². The number of amides is 1. The van der Waals surface area contributed by atoms with E-state index in [1.807, 2.05) is 36.4 Å². The molecular formula is C19H14N2O2. The van der Waals surface area contributed by atoms with Crippen LogP contribution in [0.3, 0.4) is 0 Å². The molecule has 0 spiro atoms. The van der Waals surface area contributed by atoms with Crippen molar-refractivity contribution in [3.05, 3.63) is 95.8 Å². The van der Waals surface area contributed by atoms with Crippen LogP contribution in [0.1, 0.15) is 21.5 Å². The maximum Gasteiger partial charge on any atom is 0.261 e. The van der Waals surface area contributed by atoms with Gasteiger partial charge in [0.2, 0.25) is 0 Å². The van der Waals surface area contributed by atoms with Crippen molar-refractivity contribution in [3.63, 3.8) is 0 Å². The molecule has 2 aromatic carbocycles. The summed E-state index contributed by atoms with van der Waals surface area (Å²) in [6.45, 7) is 0. The predicted octanol–water partition coefficient (Wildman–Crippen LogP) is 2.94. The van der Waals surface area contributed by atoms with Gasteiger partial charge in [-0.2, -0.15) is 0 Å². The Labute approximate surface area is 133 Å². The van der Waals surface area contributed by atoms with Gasteiger partial charge in [-0.05, 0) is 18.2 Å². The first kappa shape index (κ1) is 13.7. The first-order valence-corrected chi connectivity index (χ1v) is 7.35. The molecule has 1 aliphatic heterocycles. The number of fused-ring (bicyclic) bond motifs is 1. The zero-order chi connectivity index (χ0) is 15.9. The Kier molecular flexibility index (Phi) is 2.99. The summed E-state index contributed by atoms with van der Waals surface area (Å²) in [5, 5.41) is 11.6. The summed E-state index contributed by atoms with van der Waals surface area (Å²) in [5.41, 5.74) is 0.822. The van der Waals surface area contributed by atoms with Gasteiger partial charge >= 0.3 is 0 Å². The molecule has 0 saturated carbocycles. The molecule has 112 valence electrons. The molecule has 1 N–H and O–H groups in total. The molecule has 0 fully saturated rings. The molecule has 0 unspecified atom stereocenters. The smallest absolute Gasteiger partial charge is 0.261 e. The Morgan fingerprint density at radius 3 is 2.26 bits per heavy atom. The van der Waals surface area contributed by atoms with Gasteiger partial charge in [-0.3, -0.25) is 14.7 Å². The number of hydrogen-bond donors (Lipinski definition) is 1. The van der Waals surface area contributed by atoms with Gasteiger partial charge < -0.3 is 5.11 Å². The Morgan fingerprint density at radius 2 is 1.52 bits per heavy atom. The highest BCUT2D eigenvalue weighted by Gasteiger charge is 2.50. The molecule has 4 nitrogen and oxygen atoms in total. The minimum absolute atomic E-state index is 0.224. The quantitative estimate of drug-likeness (QED) is 0.792. The molecule has 1 atom stereocenters. The Bertz CT molecular complexity index is 865. The summed E-state index contributed by atoms with van der Waals surface area (Å²) in [5.74, 6) is -0.224. The third-order valence-corrected chi connectivity index (χ3v) is 4.16. The van der Waals surface area contributed by atoms with E-state index in [1.54, 1.807) is 42.7 Å². The number of pyridine rings is 1. The second-order valence-corrected chi connectivity index (χ2v) is 5.43. The van der Waals surface area contributed by atoms with Gasteiger partial charge in [0.25, 0.3) is 5.91 Å². The molecule has 4 heteroatoms. The van der Waals surface area contributed by atoms with Crippen molar-refractivity contribution in [2.75, 3.05) is 4.90 Å². The molecule has 0 saturated heterocycles. The third kappa shape index (κ3) is 1.89. The average Bonchev–Trinajstić information content (AvgIpc) is 2.86. The number of carbonyl (C=O) groups is 1. The Balaban J connectivity index is 2.01. The van der Waals surface area contributed by atoms with Gasteiger partial charge in [-0.15, -0.1) is 0 Å². The summed E-state index contributed by atoms with van der Waals surface area (Å²) in [4.78, 5) is 18.3. The molecule has 23 heavy (non-hydrogen) atoms. The fourth-order valence-electron chi connectivity index (χ4n) is 3.11. The van der Waals surface area contributed by atoms with E-state index in [0.717, 1.165) is 0 Å². The minimum atomic E-state index is -1.53. The minimum Gasteiger partial charge on any atom is -0.363 e. The largest absolute Gasteiger partial charge is 0.363 e. The lowest BCUT2D eigenvalue weighted by Crippen LogP contribution is -2.45. The molecular weight excluding hydrogens is 288 g/mol. The van der Waals surface area contributed by atoms with Gasteiger partial charge in [0.15, 0.2) is 5.72 Å². The molecule has 2 heterocycles. The highest BCUT2D eigenvalue weighted by Crippen LogP contribution is 2.44. The molecule has 1 aromatic heterocycles. The number of benzene rings is 2. The number of nitrogens with zero attached hydrogens (tertiary/aromatic N) is 2. The first-order chi connectivity index (χ1) is 11.2. The highest BCUT2D eigenvalue weighted by molar-refractivity contribution is 6.12. The van der Waals surface area contributed by atoms with E-state index in [-0.39, 0.29) is 5.91 Å². The van der Waals surface area contributed by atoms with Crippen LogP contribution in [-0.4, -0.2) is 16.0 Å². The summed E-state index contributed by atoms with van der Waals surface area (Å²) >= 11 is 0. The van der Waals surface area contributed by atoms with Gasteiger partial charge in [-0.25, -0.2) is 0 Å². The van der Waals surface area contributed by atoms with E-state index < -0.39 is 5.72 Å². The number of aromatic nitrogens is 1. The van der Waals surface area contributed by atoms with Crippen molar-refractivity contribution in [2.45, 2.75) is 5.72 Å². The number of anilines is 1. The Hall–Kier alpha value is -2.98. The van der Waals surface area contributed by atoms with E-state index in [2.05, 4.69) is 4.98 Å². The van der Waals surface area contributed by atoms with E-state index in [9.17, 15) is 9.90 Å². The van der Waals surface area contributed by atoms with Gasteiger partial charge in [0, 0.05) is 29.1 Å². The summed E-state index contributed by atoms with van der Waals surface area (Å²) < 4.78 is 0. The maximum absolute atomic E-state index is 12.9. The van der Waals surface area contributed by atoms with Crippen LogP contribution in [0.5, 0.6) is 0 Å². The lowest BCUT2D eigenvalue weighted by molar-refractivity contribution is 0.0703. The second-order valence-electron chi connectivity index (χ2n) is 5.43. The number of aliphatic hydroxyl groups is 1. The van der Waals surface area contributed by atoms with Crippen LogP contribution in [0.4, 0.5) is 5.69 Å². The Morgan fingerprint density at radius 1 is 0.870 bits per heavy atom. The summed E-state index contributed by atoms with van der Waals surface area (Å²) in [6.07, 6.45) is 3.22. The number of hydrogen-bond acceptors (Lipinski definition) is 3. The molecule has 4 rings (SSSR count). The molecule has 1 aliphatic rings. The third-order valence-electron chi connectivity index (χ3n) is 4.16. The van der Waals surface area contributed by atoms with E-state index in [1.165, 1.54) is 4.90 Å². The molecule has 0 radical (unpaired) electrons. The van der Waals surface area contributed by atoms with Crippen molar-refractivity contribution in [1.29, 1.82) is 0 Å². The normalized spacial score (nSPS) is 19.7. The topological polar surface area (TPSA) is 53.4 Å². The molecule has 0 bridgehead atoms. The van der Waals surface area contributed by atoms with Gasteiger partial charge in [0.1, 0.15) is 0 Å². The average molecular weight is 302 g/mol. The number of rotatable bonds is 2. The second kappa shape index (κ2) is 5.04. The van der Waals surface area contributed by atoms with Crippen molar-refractivity contribution in [3.8, 4) is 0 Å². The molecule has 0 aliphatic carbocycles. The van der Waals surface area contributed by atoms with Gasteiger partial charge in [0.05, 0.1) is 5.69 Å². The van der Waals surface area contributed by atoms with Crippen LogP contribution >= 0.6 is 0 Å². The van der Waals surface area contributed by atoms with E-state index in [0.29, 0.717) is 22.4 Å². The predicted molar refractivity (Wildman–Crippen MR) is 86.9 cm³/mol. The summed E-state index contributed by atoms with van der Waals surface area (Å²) in [6, 6.07) is 19.8. The zero-order valence-electron chi connectivity index (χ0n) is 12.3. The van der Waals surface area contributed by atoms with Crippen LogP contribution in [-0.2, 0) is 5.72 Å². The monoisotopic (exact) mass is 302 g/mol. The summed E-state index contributed by atoms with van der Waals surface area (Å²) in [7, 11) is 0. The molecule has 3 aromatic rings. The maximum atomic E-state index is 12.9. The van der Waals surface area contributed by atoms with Gasteiger partial charge in [-0.1, -0.05) is 48.5 Å². The van der Waals surface area contributed by atoms with Crippen molar-refractivity contribution < 1.29 is 9.90 Å². The van der Waals surface area contributed by atoms with Crippen LogP contribution in [0.15, 0.2) is 79.1 Å².